The maximum absolute atomic E-state index is 13.5. The number of carbonyl (C=O) groups is 4. The molecule has 3 aliphatic heterocycles. The summed E-state index contributed by atoms with van der Waals surface area (Å²) in [6, 6.07) is 6.34. The number of carbonyl (C=O) groups excluding carboxylic acids is 3. The first-order chi connectivity index (χ1) is 19.7. The molecule has 1 aromatic heterocycles. The van der Waals surface area contributed by atoms with Crippen LogP contribution in [-0.2, 0) is 23.9 Å². The quantitative estimate of drug-likeness (QED) is 0.473. The molecular formula is C28H29N3O8S2. The number of amides is 3. The fraction of sp³-hybridized carbons (Fsp3) is 0.536. The van der Waals surface area contributed by atoms with Crippen LogP contribution < -0.4 is 9.61 Å². The van der Waals surface area contributed by atoms with Gasteiger partial charge in [-0.15, -0.1) is 11.8 Å². The molecule has 2 aromatic rings. The highest BCUT2D eigenvalue weighted by molar-refractivity contribution is 8.00. The maximum Gasteiger partial charge on any atom is 0.326 e. The zero-order valence-corrected chi connectivity index (χ0v) is 23.8. The van der Waals surface area contributed by atoms with Crippen molar-refractivity contribution in [2.75, 3.05) is 32.9 Å². The number of likely N-dealkylation sites (tertiary alicyclic amines) is 1. The first-order valence-corrected chi connectivity index (χ1v) is 15.5. The Morgan fingerprint density at radius 2 is 1.78 bits per heavy atom. The van der Waals surface area contributed by atoms with Gasteiger partial charge in [0, 0.05) is 29.1 Å². The van der Waals surface area contributed by atoms with Gasteiger partial charge in [0.15, 0.2) is 6.61 Å². The van der Waals surface area contributed by atoms with E-state index < -0.39 is 23.8 Å². The zero-order chi connectivity index (χ0) is 28.6. The number of nitrogens with zero attached hydrogens (tertiary/aromatic N) is 2. The molecule has 0 radical (unpaired) electrons. The number of aliphatic carboxylic acids is 1. The van der Waals surface area contributed by atoms with Crippen LogP contribution in [0.25, 0.3) is 0 Å². The molecule has 11 nitrogen and oxygen atoms in total. The standard InChI is InChI=1S/C28H29N3O8S2/c1-12(27(35)36)31-25(33)20-15-10-16(21(20)26(31)34)22-19(15)18(23-24(40-22)29-28(37)41-23)13-2-4-14(5-3-13)39-11-17(32)30-6-8-38-9-7-30/h2-5,12,15-16,18-22H,6-11H2,1H3,(H,29,37)(H,35,36)/t12?,15?,16?,18-,19?,20?,21?,22?/m1/s1. The number of rotatable bonds is 6. The van der Waals surface area contributed by atoms with Crippen LogP contribution in [0.3, 0.4) is 0 Å². The molecule has 8 atom stereocenters. The average molecular weight is 600 g/mol. The summed E-state index contributed by atoms with van der Waals surface area (Å²) in [7, 11) is 0. The van der Waals surface area contributed by atoms with Crippen molar-refractivity contribution in [3.8, 4) is 5.75 Å². The minimum Gasteiger partial charge on any atom is -0.484 e. The van der Waals surface area contributed by atoms with Crippen LogP contribution in [-0.4, -0.2) is 87.8 Å². The predicted molar refractivity (Wildman–Crippen MR) is 147 cm³/mol. The molecular weight excluding hydrogens is 570 g/mol. The van der Waals surface area contributed by atoms with E-state index in [1.54, 1.807) is 16.7 Å². The van der Waals surface area contributed by atoms with Gasteiger partial charge in [0.25, 0.3) is 5.91 Å². The van der Waals surface area contributed by atoms with E-state index in [0.29, 0.717) is 32.1 Å². The minimum absolute atomic E-state index is 0.0108. The second kappa shape index (κ2) is 9.99. The molecule has 2 bridgehead atoms. The molecule has 2 saturated carbocycles. The number of imide groups is 1. The van der Waals surface area contributed by atoms with Crippen molar-refractivity contribution < 1.29 is 33.8 Å². The predicted octanol–water partition coefficient (Wildman–Crippen LogP) is 1.62. The molecule has 2 aliphatic carbocycles. The van der Waals surface area contributed by atoms with Gasteiger partial charge < -0.3 is 24.5 Å². The second-order valence-corrected chi connectivity index (χ2v) is 13.6. The topological polar surface area (TPSA) is 146 Å². The number of thiazole rings is 1. The van der Waals surface area contributed by atoms with Gasteiger partial charge in [0.05, 0.1) is 30.1 Å². The summed E-state index contributed by atoms with van der Waals surface area (Å²) in [5.41, 5.74) is 0.972. The Bertz CT molecular complexity index is 1480. The third-order valence-electron chi connectivity index (χ3n) is 9.47. The van der Waals surface area contributed by atoms with E-state index in [1.807, 2.05) is 24.3 Å². The van der Waals surface area contributed by atoms with E-state index in [2.05, 4.69) is 4.98 Å². The number of aromatic nitrogens is 1. The van der Waals surface area contributed by atoms with E-state index in [-0.39, 0.29) is 58.1 Å². The Hall–Kier alpha value is -3.16. The van der Waals surface area contributed by atoms with Gasteiger partial charge in [-0.05, 0) is 48.8 Å². The Kier molecular flexibility index (Phi) is 6.51. The van der Waals surface area contributed by atoms with Crippen LogP contribution in [0.1, 0.15) is 29.7 Å². The second-order valence-electron chi connectivity index (χ2n) is 11.4. The minimum atomic E-state index is -1.20. The van der Waals surface area contributed by atoms with Crippen molar-refractivity contribution in [1.29, 1.82) is 0 Å². The van der Waals surface area contributed by atoms with Crippen molar-refractivity contribution in [2.45, 2.75) is 35.6 Å². The van der Waals surface area contributed by atoms with Gasteiger partial charge in [-0.3, -0.25) is 24.1 Å². The molecule has 7 rings (SSSR count). The lowest BCUT2D eigenvalue weighted by Crippen LogP contribution is -2.44. The molecule has 7 unspecified atom stereocenters. The highest BCUT2D eigenvalue weighted by atomic mass is 32.2. The molecule has 0 spiro atoms. The molecule has 2 saturated heterocycles. The smallest absolute Gasteiger partial charge is 0.326 e. The molecule has 2 N–H and O–H groups in total. The van der Waals surface area contributed by atoms with Gasteiger partial charge in [-0.1, -0.05) is 23.5 Å². The van der Waals surface area contributed by atoms with Crippen molar-refractivity contribution >= 4 is 46.8 Å². The van der Waals surface area contributed by atoms with E-state index in [1.165, 1.54) is 18.3 Å². The highest BCUT2D eigenvalue weighted by Gasteiger charge is 2.70. The third-order valence-corrected chi connectivity index (χ3v) is 12.1. The Balaban J connectivity index is 1.16. The Morgan fingerprint density at radius 3 is 2.46 bits per heavy atom. The van der Waals surface area contributed by atoms with Crippen LogP contribution >= 0.6 is 23.1 Å². The van der Waals surface area contributed by atoms with E-state index >= 15 is 0 Å². The molecule has 13 heteroatoms. The number of carboxylic acid groups (broad SMARTS) is 1. The number of aromatic amines is 1. The van der Waals surface area contributed by atoms with Crippen LogP contribution in [0, 0.1) is 29.6 Å². The number of ether oxygens (including phenoxy) is 2. The lowest BCUT2D eigenvalue weighted by atomic mass is 9.68. The highest BCUT2D eigenvalue weighted by Crippen LogP contribution is 2.68. The summed E-state index contributed by atoms with van der Waals surface area (Å²) in [5.74, 6) is -2.87. The van der Waals surface area contributed by atoms with Crippen LogP contribution in [0.5, 0.6) is 5.75 Å². The lowest BCUT2D eigenvalue weighted by molar-refractivity contribution is -0.154. The largest absolute Gasteiger partial charge is 0.484 e. The lowest BCUT2D eigenvalue weighted by Gasteiger charge is -2.43. The Labute approximate surface area is 243 Å². The normalized spacial score (nSPS) is 32.5. The first kappa shape index (κ1) is 26.7. The molecule has 5 aliphatic rings. The van der Waals surface area contributed by atoms with Crippen molar-refractivity contribution in [1.82, 2.24) is 14.8 Å². The number of hydrogen-bond acceptors (Lipinski definition) is 9. The molecule has 41 heavy (non-hydrogen) atoms. The summed E-state index contributed by atoms with van der Waals surface area (Å²) in [6.07, 6.45) is 0.727. The van der Waals surface area contributed by atoms with E-state index in [0.717, 1.165) is 26.8 Å². The number of thioether (sulfide) groups is 1. The van der Waals surface area contributed by atoms with Gasteiger partial charge >= 0.3 is 10.8 Å². The van der Waals surface area contributed by atoms with Crippen LogP contribution in [0.4, 0.5) is 0 Å². The number of H-pyrrole nitrogens is 1. The van der Waals surface area contributed by atoms with Crippen LogP contribution in [0.15, 0.2) is 34.1 Å². The number of hydrogen-bond donors (Lipinski definition) is 2. The molecule has 1 aromatic carbocycles. The van der Waals surface area contributed by atoms with Crippen molar-refractivity contribution in [2.24, 2.45) is 29.6 Å². The molecule has 4 fully saturated rings. The SMILES string of the molecule is CC(C(=O)O)N1C(=O)C2C3CC(C2C1=O)C1C3Sc2[nH]c(=O)sc2[C@@H]1c1ccc(OCC(=O)N2CCOCC2)cc1. The maximum atomic E-state index is 13.5. The van der Waals surface area contributed by atoms with Gasteiger partial charge in [0.1, 0.15) is 11.8 Å². The number of carboxylic acids is 1. The molecule has 4 heterocycles. The molecule has 3 amide bonds. The summed E-state index contributed by atoms with van der Waals surface area (Å²) >= 11 is 2.76. The fourth-order valence-electron chi connectivity index (χ4n) is 7.73. The Morgan fingerprint density at radius 1 is 1.10 bits per heavy atom. The van der Waals surface area contributed by atoms with Crippen molar-refractivity contribution in [3.63, 3.8) is 0 Å². The molecule has 216 valence electrons. The van der Waals surface area contributed by atoms with E-state index in [9.17, 15) is 29.1 Å². The van der Waals surface area contributed by atoms with Gasteiger partial charge in [-0.2, -0.15) is 0 Å². The van der Waals surface area contributed by atoms with Crippen LogP contribution in [0.2, 0.25) is 0 Å². The summed E-state index contributed by atoms with van der Waals surface area (Å²) in [6.45, 7) is 3.46. The fourth-order valence-corrected chi connectivity index (χ4v) is 10.6. The van der Waals surface area contributed by atoms with Gasteiger partial charge in [-0.25, -0.2) is 4.79 Å². The number of fused-ring (bicyclic) bond motifs is 9. The monoisotopic (exact) mass is 599 g/mol. The summed E-state index contributed by atoms with van der Waals surface area (Å²) in [5, 5.41) is 10.4. The number of morpholine rings is 1. The van der Waals surface area contributed by atoms with E-state index in [4.69, 9.17) is 9.47 Å². The van der Waals surface area contributed by atoms with Crippen molar-refractivity contribution in [3.05, 3.63) is 44.4 Å². The third kappa shape index (κ3) is 4.15. The summed E-state index contributed by atoms with van der Waals surface area (Å²) in [4.78, 5) is 70.0. The average Bonchev–Trinajstić information content (AvgIpc) is 3.71. The first-order valence-electron chi connectivity index (χ1n) is 13.8. The van der Waals surface area contributed by atoms with Gasteiger partial charge in [0.2, 0.25) is 11.8 Å². The number of nitrogens with one attached hydrogen (secondary N) is 1. The summed E-state index contributed by atoms with van der Waals surface area (Å²) < 4.78 is 11.1. The zero-order valence-electron chi connectivity index (χ0n) is 22.2. The number of benzene rings is 1.